The van der Waals surface area contributed by atoms with Gasteiger partial charge in [-0.05, 0) is 6.07 Å². The molecule has 0 bridgehead atoms. The van der Waals surface area contributed by atoms with Gasteiger partial charge < -0.3 is 10.3 Å². The van der Waals surface area contributed by atoms with Crippen LogP contribution in [0.2, 0.25) is 0 Å². The molecule has 0 saturated carbocycles. The van der Waals surface area contributed by atoms with Crippen molar-refractivity contribution in [1.82, 2.24) is 14.5 Å². The number of hydrogen-bond acceptors (Lipinski definition) is 3. The third-order valence-corrected chi connectivity index (χ3v) is 1.89. The summed E-state index contributed by atoms with van der Waals surface area (Å²) < 4.78 is 1.94. The molecule has 2 aromatic rings. The molecule has 0 aliphatic heterocycles. The summed E-state index contributed by atoms with van der Waals surface area (Å²) >= 11 is 0. The van der Waals surface area contributed by atoms with Crippen LogP contribution in [0.4, 0.5) is 0 Å². The monoisotopic (exact) mass is 162 g/mol. The minimum atomic E-state index is 0.455. The first-order valence-electron chi connectivity index (χ1n) is 3.78. The fraction of sp³-hybridized carbons (Fsp3) is 0.250. The zero-order valence-corrected chi connectivity index (χ0v) is 6.86. The van der Waals surface area contributed by atoms with Gasteiger partial charge >= 0.3 is 0 Å². The van der Waals surface area contributed by atoms with Crippen LogP contribution in [0.1, 0.15) is 5.69 Å². The van der Waals surface area contributed by atoms with Crippen molar-refractivity contribution < 1.29 is 0 Å². The van der Waals surface area contributed by atoms with Crippen LogP contribution < -0.4 is 5.73 Å². The van der Waals surface area contributed by atoms with Gasteiger partial charge in [-0.2, -0.15) is 0 Å². The van der Waals surface area contributed by atoms with Crippen LogP contribution in [0, 0.1) is 0 Å². The summed E-state index contributed by atoms with van der Waals surface area (Å²) in [7, 11) is 1.94. The highest BCUT2D eigenvalue weighted by molar-refractivity contribution is 5.77. The van der Waals surface area contributed by atoms with Crippen molar-refractivity contribution in [2.45, 2.75) is 6.54 Å². The number of pyridine rings is 1. The molecule has 0 amide bonds. The minimum Gasteiger partial charge on any atom is -0.332 e. The second-order valence-electron chi connectivity index (χ2n) is 2.68. The number of imidazole rings is 1. The molecule has 0 aliphatic carbocycles. The second kappa shape index (κ2) is 2.57. The lowest BCUT2D eigenvalue weighted by molar-refractivity contribution is 0.916. The number of hydrogen-bond donors (Lipinski definition) is 1. The van der Waals surface area contributed by atoms with Crippen molar-refractivity contribution in [2.75, 3.05) is 0 Å². The van der Waals surface area contributed by atoms with E-state index < -0.39 is 0 Å². The topological polar surface area (TPSA) is 56.7 Å². The largest absolute Gasteiger partial charge is 0.332 e. The van der Waals surface area contributed by atoms with Gasteiger partial charge in [0.1, 0.15) is 0 Å². The molecular formula is C8H10N4. The van der Waals surface area contributed by atoms with E-state index in [-0.39, 0.29) is 0 Å². The normalized spacial score (nSPS) is 10.8. The van der Waals surface area contributed by atoms with E-state index in [1.54, 1.807) is 12.5 Å². The van der Waals surface area contributed by atoms with Crippen LogP contribution in [-0.4, -0.2) is 14.5 Å². The van der Waals surface area contributed by atoms with Gasteiger partial charge in [0, 0.05) is 19.8 Å². The SMILES string of the molecule is Cn1cnc2ccnc(CN)c21. The Hall–Kier alpha value is -1.42. The fourth-order valence-electron chi connectivity index (χ4n) is 1.33. The molecule has 0 radical (unpaired) electrons. The number of aromatic nitrogens is 3. The Balaban J connectivity index is 2.84. The summed E-state index contributed by atoms with van der Waals surface area (Å²) in [5.41, 5.74) is 8.42. The smallest absolute Gasteiger partial charge is 0.0956 e. The lowest BCUT2D eigenvalue weighted by Crippen LogP contribution is -2.02. The molecule has 4 heteroatoms. The Morgan fingerprint density at radius 3 is 3.08 bits per heavy atom. The highest BCUT2D eigenvalue weighted by atomic mass is 15.0. The van der Waals surface area contributed by atoms with E-state index in [1.807, 2.05) is 17.7 Å². The van der Waals surface area contributed by atoms with E-state index in [9.17, 15) is 0 Å². The van der Waals surface area contributed by atoms with E-state index in [2.05, 4.69) is 9.97 Å². The molecule has 62 valence electrons. The molecule has 12 heavy (non-hydrogen) atoms. The molecule has 2 aromatic heterocycles. The fourth-order valence-corrected chi connectivity index (χ4v) is 1.33. The van der Waals surface area contributed by atoms with Crippen LogP contribution in [-0.2, 0) is 13.6 Å². The summed E-state index contributed by atoms with van der Waals surface area (Å²) in [6, 6.07) is 1.88. The highest BCUT2D eigenvalue weighted by Gasteiger charge is 2.04. The van der Waals surface area contributed by atoms with Crippen LogP contribution >= 0.6 is 0 Å². The maximum Gasteiger partial charge on any atom is 0.0956 e. The number of fused-ring (bicyclic) bond motifs is 1. The molecule has 2 N–H and O–H groups in total. The standard InChI is InChI=1S/C8H10N4/c1-12-5-11-6-2-3-10-7(4-9)8(6)12/h2-3,5H,4,9H2,1H3. The summed E-state index contributed by atoms with van der Waals surface area (Å²) in [5.74, 6) is 0. The summed E-state index contributed by atoms with van der Waals surface area (Å²) in [5, 5.41) is 0. The zero-order chi connectivity index (χ0) is 8.55. The van der Waals surface area contributed by atoms with Crippen LogP contribution in [0.15, 0.2) is 18.6 Å². The Bertz CT molecular complexity index is 404. The second-order valence-corrected chi connectivity index (χ2v) is 2.68. The average molecular weight is 162 g/mol. The Morgan fingerprint density at radius 1 is 1.50 bits per heavy atom. The number of aryl methyl sites for hydroxylation is 1. The third-order valence-electron chi connectivity index (χ3n) is 1.89. The quantitative estimate of drug-likeness (QED) is 0.661. The first-order chi connectivity index (χ1) is 5.83. The maximum absolute atomic E-state index is 5.54. The maximum atomic E-state index is 5.54. The molecule has 0 atom stereocenters. The summed E-state index contributed by atoms with van der Waals surface area (Å²) in [6.07, 6.45) is 3.50. The molecule has 0 aliphatic rings. The number of nitrogens with two attached hydrogens (primary N) is 1. The lowest BCUT2D eigenvalue weighted by atomic mass is 10.3. The van der Waals surface area contributed by atoms with E-state index >= 15 is 0 Å². The molecule has 0 unspecified atom stereocenters. The summed E-state index contributed by atoms with van der Waals surface area (Å²) in [4.78, 5) is 8.37. The first kappa shape index (κ1) is 7.24. The Morgan fingerprint density at radius 2 is 2.33 bits per heavy atom. The predicted octanol–water partition coefficient (Wildman–Crippen LogP) is 0.427. The highest BCUT2D eigenvalue weighted by Crippen LogP contribution is 2.13. The lowest BCUT2D eigenvalue weighted by Gasteiger charge is -1.99. The summed E-state index contributed by atoms with van der Waals surface area (Å²) in [6.45, 7) is 0.455. The van der Waals surface area contributed by atoms with Gasteiger partial charge in [0.2, 0.25) is 0 Å². The Kier molecular flexibility index (Phi) is 1.55. The van der Waals surface area contributed by atoms with Crippen molar-refractivity contribution in [1.29, 1.82) is 0 Å². The van der Waals surface area contributed by atoms with E-state index in [0.717, 1.165) is 16.7 Å². The first-order valence-corrected chi connectivity index (χ1v) is 3.78. The third kappa shape index (κ3) is 0.887. The van der Waals surface area contributed by atoms with E-state index in [0.29, 0.717) is 6.54 Å². The van der Waals surface area contributed by atoms with Gasteiger partial charge in [-0.3, -0.25) is 4.98 Å². The molecule has 4 nitrogen and oxygen atoms in total. The Labute approximate surface area is 70.0 Å². The van der Waals surface area contributed by atoms with Gasteiger partial charge in [-0.25, -0.2) is 4.98 Å². The molecule has 2 rings (SSSR count). The predicted molar refractivity (Wildman–Crippen MR) is 46.4 cm³/mol. The van der Waals surface area contributed by atoms with Crippen molar-refractivity contribution in [3.63, 3.8) is 0 Å². The number of nitrogens with zero attached hydrogens (tertiary/aromatic N) is 3. The molecular weight excluding hydrogens is 152 g/mol. The van der Waals surface area contributed by atoms with Crippen molar-refractivity contribution in [2.24, 2.45) is 12.8 Å². The molecule has 0 aromatic carbocycles. The number of rotatable bonds is 1. The van der Waals surface area contributed by atoms with Crippen LogP contribution in [0.25, 0.3) is 11.0 Å². The van der Waals surface area contributed by atoms with Crippen molar-refractivity contribution in [3.8, 4) is 0 Å². The van der Waals surface area contributed by atoms with Gasteiger partial charge in [0.15, 0.2) is 0 Å². The van der Waals surface area contributed by atoms with E-state index in [4.69, 9.17) is 5.73 Å². The van der Waals surface area contributed by atoms with Crippen LogP contribution in [0.3, 0.4) is 0 Å². The van der Waals surface area contributed by atoms with Crippen molar-refractivity contribution >= 4 is 11.0 Å². The molecule has 0 fully saturated rings. The molecule has 2 heterocycles. The van der Waals surface area contributed by atoms with Gasteiger partial charge in [-0.15, -0.1) is 0 Å². The minimum absolute atomic E-state index is 0.455. The van der Waals surface area contributed by atoms with E-state index in [1.165, 1.54) is 0 Å². The average Bonchev–Trinajstić information content (AvgIpc) is 2.48. The molecule has 0 saturated heterocycles. The van der Waals surface area contributed by atoms with Gasteiger partial charge in [0.25, 0.3) is 0 Å². The van der Waals surface area contributed by atoms with Crippen molar-refractivity contribution in [3.05, 3.63) is 24.3 Å². The van der Waals surface area contributed by atoms with Gasteiger partial charge in [-0.1, -0.05) is 0 Å². The zero-order valence-electron chi connectivity index (χ0n) is 6.86. The van der Waals surface area contributed by atoms with Crippen LogP contribution in [0.5, 0.6) is 0 Å². The van der Waals surface area contributed by atoms with Gasteiger partial charge in [0.05, 0.1) is 23.1 Å². The molecule has 0 spiro atoms.